The average molecular weight is 271 g/mol. The third kappa shape index (κ3) is 2.35. The molecule has 0 aliphatic carbocycles. The number of aromatic nitrogens is 2. The van der Waals surface area contributed by atoms with Gasteiger partial charge in [0.15, 0.2) is 0 Å². The third-order valence-corrected chi connectivity index (χ3v) is 4.42. The minimum absolute atomic E-state index is 0.420. The Morgan fingerprint density at radius 2 is 2.05 bits per heavy atom. The lowest BCUT2D eigenvalue weighted by molar-refractivity contribution is 0.130. The average Bonchev–Trinajstić information content (AvgIpc) is 2.74. The van der Waals surface area contributed by atoms with Gasteiger partial charge in [0.05, 0.1) is 11.2 Å². The van der Waals surface area contributed by atoms with E-state index in [2.05, 4.69) is 55.0 Å². The third-order valence-electron chi connectivity index (χ3n) is 4.42. The summed E-state index contributed by atoms with van der Waals surface area (Å²) in [5, 5.41) is 9.67. The molecule has 1 aliphatic rings. The van der Waals surface area contributed by atoms with Crippen LogP contribution in [0.1, 0.15) is 32.9 Å². The van der Waals surface area contributed by atoms with Crippen LogP contribution < -0.4 is 5.32 Å². The maximum Gasteiger partial charge on any atom is 0.0709 e. The zero-order valence-electron chi connectivity index (χ0n) is 12.8. The van der Waals surface area contributed by atoms with Gasteiger partial charge < -0.3 is 5.32 Å². The highest BCUT2D eigenvalue weighted by Gasteiger charge is 2.38. The molecule has 20 heavy (non-hydrogen) atoms. The SMILES string of the molecule is CCn1nc(CC2(CC(C)C)CNC2)c2ccccc21. The van der Waals surface area contributed by atoms with E-state index in [1.54, 1.807) is 0 Å². The van der Waals surface area contributed by atoms with Crippen molar-refractivity contribution >= 4 is 10.9 Å². The van der Waals surface area contributed by atoms with Crippen molar-refractivity contribution in [2.45, 2.75) is 40.2 Å². The summed E-state index contributed by atoms with van der Waals surface area (Å²) in [6.45, 7) is 10.0. The molecule has 0 radical (unpaired) electrons. The zero-order chi connectivity index (χ0) is 14.2. The Labute approximate surface area is 121 Å². The first-order valence-corrected chi connectivity index (χ1v) is 7.79. The molecule has 3 nitrogen and oxygen atoms in total. The standard InChI is InChI=1S/C17H25N3/c1-4-20-16-8-6-5-7-14(16)15(19-20)10-17(9-13(2)3)11-18-12-17/h5-8,13,18H,4,9-12H2,1-3H3. The predicted molar refractivity (Wildman–Crippen MR) is 83.9 cm³/mol. The van der Waals surface area contributed by atoms with E-state index < -0.39 is 0 Å². The lowest BCUT2D eigenvalue weighted by Crippen LogP contribution is -2.55. The minimum atomic E-state index is 0.420. The number of nitrogens with one attached hydrogen (secondary N) is 1. The Morgan fingerprint density at radius 3 is 2.65 bits per heavy atom. The fourth-order valence-corrected chi connectivity index (χ4v) is 3.61. The molecule has 0 atom stereocenters. The van der Waals surface area contributed by atoms with Gasteiger partial charge in [-0.25, -0.2) is 0 Å². The largest absolute Gasteiger partial charge is 0.316 e. The fraction of sp³-hybridized carbons (Fsp3) is 0.588. The summed E-state index contributed by atoms with van der Waals surface area (Å²) in [7, 11) is 0. The topological polar surface area (TPSA) is 29.9 Å². The first-order chi connectivity index (χ1) is 9.63. The van der Waals surface area contributed by atoms with E-state index in [1.165, 1.54) is 23.0 Å². The first kappa shape index (κ1) is 13.6. The van der Waals surface area contributed by atoms with Crippen LogP contribution in [0.25, 0.3) is 10.9 Å². The molecule has 0 unspecified atom stereocenters. The summed E-state index contributed by atoms with van der Waals surface area (Å²) >= 11 is 0. The number of aryl methyl sites for hydroxylation is 1. The Balaban J connectivity index is 1.94. The molecule has 3 rings (SSSR count). The van der Waals surface area contributed by atoms with Gasteiger partial charge in [-0.2, -0.15) is 5.10 Å². The molecular weight excluding hydrogens is 246 g/mol. The van der Waals surface area contributed by atoms with Crippen molar-refractivity contribution in [1.82, 2.24) is 15.1 Å². The van der Waals surface area contributed by atoms with Crippen LogP contribution in [0, 0.1) is 11.3 Å². The second-order valence-electron chi connectivity index (χ2n) is 6.66. The monoisotopic (exact) mass is 271 g/mol. The molecule has 108 valence electrons. The number of nitrogens with zero attached hydrogens (tertiary/aromatic N) is 2. The second-order valence-corrected chi connectivity index (χ2v) is 6.66. The maximum atomic E-state index is 4.87. The molecule has 1 aromatic carbocycles. The van der Waals surface area contributed by atoms with E-state index in [-0.39, 0.29) is 0 Å². The van der Waals surface area contributed by atoms with Crippen molar-refractivity contribution in [3.8, 4) is 0 Å². The van der Waals surface area contributed by atoms with Gasteiger partial charge in [0.25, 0.3) is 0 Å². The van der Waals surface area contributed by atoms with E-state index in [0.717, 1.165) is 32.0 Å². The van der Waals surface area contributed by atoms with Crippen molar-refractivity contribution < 1.29 is 0 Å². The molecule has 2 heterocycles. The highest BCUT2D eigenvalue weighted by Crippen LogP contribution is 2.36. The molecule has 1 aromatic heterocycles. The summed E-state index contributed by atoms with van der Waals surface area (Å²) in [6.07, 6.45) is 2.39. The normalized spacial score (nSPS) is 17.6. The van der Waals surface area contributed by atoms with E-state index in [9.17, 15) is 0 Å². The van der Waals surface area contributed by atoms with Crippen LogP contribution in [0.3, 0.4) is 0 Å². The van der Waals surface area contributed by atoms with Gasteiger partial charge in [-0.1, -0.05) is 32.0 Å². The van der Waals surface area contributed by atoms with Crippen LogP contribution in [-0.4, -0.2) is 22.9 Å². The zero-order valence-corrected chi connectivity index (χ0v) is 12.8. The molecule has 0 saturated carbocycles. The maximum absolute atomic E-state index is 4.87. The summed E-state index contributed by atoms with van der Waals surface area (Å²) in [5.41, 5.74) is 2.98. The van der Waals surface area contributed by atoms with E-state index >= 15 is 0 Å². The van der Waals surface area contributed by atoms with Gasteiger partial charge >= 0.3 is 0 Å². The van der Waals surface area contributed by atoms with Crippen molar-refractivity contribution in [3.05, 3.63) is 30.0 Å². The summed E-state index contributed by atoms with van der Waals surface area (Å²) < 4.78 is 2.14. The number of rotatable bonds is 5. The van der Waals surface area contributed by atoms with Crippen molar-refractivity contribution in [2.75, 3.05) is 13.1 Å². The first-order valence-electron chi connectivity index (χ1n) is 7.79. The summed E-state index contributed by atoms with van der Waals surface area (Å²) in [6, 6.07) is 8.64. The van der Waals surface area contributed by atoms with Crippen LogP contribution in [-0.2, 0) is 13.0 Å². The van der Waals surface area contributed by atoms with Gasteiger partial charge in [-0.3, -0.25) is 4.68 Å². The van der Waals surface area contributed by atoms with Crippen LogP contribution in [0.2, 0.25) is 0 Å². The Kier molecular flexibility index (Phi) is 3.55. The molecule has 1 N–H and O–H groups in total. The molecule has 3 heteroatoms. The molecule has 0 bridgehead atoms. The molecule has 2 aromatic rings. The molecule has 1 aliphatic heterocycles. The highest BCUT2D eigenvalue weighted by molar-refractivity contribution is 5.82. The highest BCUT2D eigenvalue weighted by atomic mass is 15.3. The smallest absolute Gasteiger partial charge is 0.0709 e. The Morgan fingerprint density at radius 1 is 1.30 bits per heavy atom. The number of benzene rings is 1. The van der Waals surface area contributed by atoms with Crippen LogP contribution in [0.15, 0.2) is 24.3 Å². The van der Waals surface area contributed by atoms with Crippen LogP contribution in [0.4, 0.5) is 0 Å². The second kappa shape index (κ2) is 5.21. The molecule has 0 amide bonds. The van der Waals surface area contributed by atoms with E-state index in [1.807, 2.05) is 0 Å². The molecule has 1 saturated heterocycles. The van der Waals surface area contributed by atoms with Gasteiger partial charge in [0, 0.05) is 36.9 Å². The molecular formula is C17H25N3. The number of fused-ring (bicyclic) bond motifs is 1. The van der Waals surface area contributed by atoms with Gasteiger partial charge in [-0.05, 0) is 25.3 Å². The lowest BCUT2D eigenvalue weighted by atomic mass is 9.71. The van der Waals surface area contributed by atoms with Gasteiger partial charge in [-0.15, -0.1) is 0 Å². The lowest BCUT2D eigenvalue weighted by Gasteiger charge is -2.44. The molecule has 0 spiro atoms. The van der Waals surface area contributed by atoms with Gasteiger partial charge in [0.2, 0.25) is 0 Å². The number of hydrogen-bond donors (Lipinski definition) is 1. The Bertz CT molecular complexity index is 593. The number of hydrogen-bond acceptors (Lipinski definition) is 2. The minimum Gasteiger partial charge on any atom is -0.316 e. The molecule has 1 fully saturated rings. The predicted octanol–water partition coefficient (Wildman–Crippen LogP) is 3.23. The van der Waals surface area contributed by atoms with Crippen molar-refractivity contribution in [3.63, 3.8) is 0 Å². The van der Waals surface area contributed by atoms with Gasteiger partial charge in [0.1, 0.15) is 0 Å². The quantitative estimate of drug-likeness (QED) is 0.905. The van der Waals surface area contributed by atoms with Crippen molar-refractivity contribution in [1.29, 1.82) is 0 Å². The Hall–Kier alpha value is -1.35. The van der Waals surface area contributed by atoms with E-state index in [0.29, 0.717) is 5.41 Å². The summed E-state index contributed by atoms with van der Waals surface area (Å²) in [5.74, 6) is 0.747. The van der Waals surface area contributed by atoms with Crippen molar-refractivity contribution in [2.24, 2.45) is 11.3 Å². The van der Waals surface area contributed by atoms with Crippen LogP contribution >= 0.6 is 0 Å². The number of para-hydroxylation sites is 1. The van der Waals surface area contributed by atoms with E-state index in [4.69, 9.17) is 5.10 Å². The van der Waals surface area contributed by atoms with Crippen LogP contribution in [0.5, 0.6) is 0 Å². The fourth-order valence-electron chi connectivity index (χ4n) is 3.61. The summed E-state index contributed by atoms with van der Waals surface area (Å²) in [4.78, 5) is 0.